The first-order chi connectivity index (χ1) is 6.02. The number of hydrogen-bond donors (Lipinski definition) is 1. The molecule has 1 N–H and O–H groups in total. The van der Waals surface area contributed by atoms with E-state index in [-0.39, 0.29) is 23.8 Å². The van der Waals surface area contributed by atoms with Crippen molar-refractivity contribution in [3.05, 3.63) is 11.3 Å². The van der Waals surface area contributed by atoms with E-state index in [2.05, 4.69) is 0 Å². The van der Waals surface area contributed by atoms with Crippen molar-refractivity contribution in [3.8, 4) is 12.1 Å². The fourth-order valence-electron chi connectivity index (χ4n) is 0.569. The fraction of sp³-hybridized carbons (Fsp3) is 0.375. The van der Waals surface area contributed by atoms with Gasteiger partial charge in [-0.15, -0.1) is 0 Å². The normalized spacial score (nSPS) is 8.00. The molecule has 5 nitrogen and oxygen atoms in total. The predicted molar refractivity (Wildman–Crippen MR) is 44.2 cm³/mol. The molecule has 0 heterocycles. The van der Waals surface area contributed by atoms with E-state index in [9.17, 15) is 4.79 Å². The summed E-state index contributed by atoms with van der Waals surface area (Å²) in [7, 11) is 1.46. The number of amides is 1. The van der Waals surface area contributed by atoms with Gasteiger partial charge in [0.2, 0.25) is 5.91 Å². The number of rotatable bonds is 2. The molecule has 0 unspecified atom stereocenters. The first-order valence-electron chi connectivity index (χ1n) is 3.47. The minimum atomic E-state index is -0.386. The summed E-state index contributed by atoms with van der Waals surface area (Å²) in [5.41, 5.74) is -0.367. The molecule has 0 bridgehead atoms. The van der Waals surface area contributed by atoms with Gasteiger partial charge in [0.05, 0.1) is 6.54 Å². The lowest BCUT2D eigenvalue weighted by atomic mass is 10.2. The number of aliphatic hydroxyl groups is 1. The predicted octanol–water partition coefficient (Wildman–Crippen LogP) is 0.324. The number of aliphatic hydroxyl groups excluding tert-OH is 1. The van der Waals surface area contributed by atoms with Crippen molar-refractivity contribution in [3.63, 3.8) is 0 Å². The van der Waals surface area contributed by atoms with E-state index < -0.39 is 0 Å². The first-order valence-corrected chi connectivity index (χ1v) is 3.47. The third kappa shape index (κ3) is 3.26. The Bertz CT molecular complexity index is 303. The molecule has 0 aliphatic carbocycles. The maximum atomic E-state index is 10.7. The zero-order valence-corrected chi connectivity index (χ0v) is 7.40. The van der Waals surface area contributed by atoms with Crippen LogP contribution in [0, 0.1) is 22.7 Å². The lowest BCUT2D eigenvalue weighted by Gasteiger charge is -2.13. The maximum absolute atomic E-state index is 10.7. The summed E-state index contributed by atoms with van der Waals surface area (Å²) in [5.74, 6) is -0.635. The highest BCUT2D eigenvalue weighted by Crippen LogP contribution is 2.00. The lowest BCUT2D eigenvalue weighted by molar-refractivity contribution is -0.127. The van der Waals surface area contributed by atoms with Gasteiger partial charge in [-0.05, 0) is 0 Å². The second-order valence-electron chi connectivity index (χ2n) is 2.42. The molecule has 5 heteroatoms. The topological polar surface area (TPSA) is 88.1 Å². The Balaban J connectivity index is 4.58. The van der Waals surface area contributed by atoms with Gasteiger partial charge in [-0.2, -0.15) is 10.5 Å². The fourth-order valence-corrected chi connectivity index (χ4v) is 0.569. The highest BCUT2D eigenvalue weighted by Gasteiger charge is 2.09. The van der Waals surface area contributed by atoms with Gasteiger partial charge < -0.3 is 10.0 Å². The Hall–Kier alpha value is -2.01. The Morgan fingerprint density at radius 2 is 1.92 bits per heavy atom. The van der Waals surface area contributed by atoms with Crippen LogP contribution in [-0.4, -0.2) is 29.5 Å². The molecule has 13 heavy (non-hydrogen) atoms. The number of carbonyl (C=O) groups is 1. The van der Waals surface area contributed by atoms with Crippen molar-refractivity contribution in [1.29, 1.82) is 10.5 Å². The highest BCUT2D eigenvalue weighted by molar-refractivity contribution is 5.73. The molecule has 0 aliphatic heterocycles. The molecule has 0 saturated carbocycles. The smallest absolute Gasteiger partial charge is 0.219 e. The number of nitriles is 2. The number of hydrogen-bond acceptors (Lipinski definition) is 4. The maximum Gasteiger partial charge on any atom is 0.219 e. The van der Waals surface area contributed by atoms with E-state index in [4.69, 9.17) is 15.6 Å². The van der Waals surface area contributed by atoms with Crippen LogP contribution in [0.25, 0.3) is 0 Å². The third-order valence-electron chi connectivity index (χ3n) is 1.44. The standard InChI is InChI=1S/C8H9N3O2/c1-6(12)11(2)5-8(13)7(3-9)4-10/h13H,5H2,1-2H3. The molecule has 0 atom stereocenters. The summed E-state index contributed by atoms with van der Waals surface area (Å²) in [5, 5.41) is 25.9. The molecule has 0 radical (unpaired) electrons. The number of likely N-dealkylation sites (N-methyl/N-ethyl adjacent to an activating group) is 1. The monoisotopic (exact) mass is 179 g/mol. The van der Waals surface area contributed by atoms with Crippen molar-refractivity contribution in [1.82, 2.24) is 4.90 Å². The third-order valence-corrected chi connectivity index (χ3v) is 1.44. The first kappa shape index (κ1) is 11.0. The minimum absolute atomic E-state index is 0.119. The zero-order valence-electron chi connectivity index (χ0n) is 7.40. The molecular weight excluding hydrogens is 170 g/mol. The van der Waals surface area contributed by atoms with Crippen LogP contribution in [0.15, 0.2) is 11.3 Å². The van der Waals surface area contributed by atoms with Crippen molar-refractivity contribution in [2.24, 2.45) is 0 Å². The Morgan fingerprint density at radius 1 is 1.46 bits per heavy atom. The van der Waals surface area contributed by atoms with Gasteiger partial charge in [-0.3, -0.25) is 4.79 Å². The molecule has 0 aromatic heterocycles. The molecule has 0 saturated heterocycles. The van der Waals surface area contributed by atoms with Crippen LogP contribution in [0.5, 0.6) is 0 Å². The molecular formula is C8H9N3O2. The summed E-state index contributed by atoms with van der Waals surface area (Å²) >= 11 is 0. The van der Waals surface area contributed by atoms with Crippen LogP contribution >= 0.6 is 0 Å². The highest BCUT2D eigenvalue weighted by atomic mass is 16.3. The van der Waals surface area contributed by atoms with Crippen LogP contribution in [0.4, 0.5) is 0 Å². The van der Waals surface area contributed by atoms with Crippen molar-refractivity contribution < 1.29 is 9.90 Å². The Labute approximate surface area is 76.1 Å². The van der Waals surface area contributed by atoms with Crippen LogP contribution in [0.2, 0.25) is 0 Å². The summed E-state index contributed by atoms with van der Waals surface area (Å²) in [6.07, 6.45) is 0. The molecule has 0 rings (SSSR count). The van der Waals surface area contributed by atoms with E-state index in [1.54, 1.807) is 0 Å². The van der Waals surface area contributed by atoms with Gasteiger partial charge in [-0.25, -0.2) is 0 Å². The molecule has 1 amide bonds. The SMILES string of the molecule is CC(=O)N(C)CC(O)=C(C#N)C#N. The Kier molecular flexibility index (Phi) is 4.05. The van der Waals surface area contributed by atoms with E-state index in [0.29, 0.717) is 0 Å². The van der Waals surface area contributed by atoms with E-state index in [0.717, 1.165) is 0 Å². The number of nitrogens with zero attached hydrogens (tertiary/aromatic N) is 3. The van der Waals surface area contributed by atoms with Gasteiger partial charge in [-0.1, -0.05) is 0 Å². The second kappa shape index (κ2) is 4.78. The van der Waals surface area contributed by atoms with Crippen LogP contribution in [-0.2, 0) is 4.79 Å². The van der Waals surface area contributed by atoms with Gasteiger partial charge >= 0.3 is 0 Å². The summed E-state index contributed by atoms with van der Waals surface area (Å²) in [6.45, 7) is 1.21. The van der Waals surface area contributed by atoms with E-state index >= 15 is 0 Å². The van der Waals surface area contributed by atoms with Crippen molar-refractivity contribution >= 4 is 5.91 Å². The van der Waals surface area contributed by atoms with Crippen LogP contribution < -0.4 is 0 Å². The van der Waals surface area contributed by atoms with Crippen molar-refractivity contribution in [2.45, 2.75) is 6.92 Å². The quantitative estimate of drug-likeness (QED) is 0.488. The van der Waals surface area contributed by atoms with Gasteiger partial charge in [0.15, 0.2) is 5.57 Å². The van der Waals surface area contributed by atoms with Gasteiger partial charge in [0.25, 0.3) is 0 Å². The molecule has 0 spiro atoms. The van der Waals surface area contributed by atoms with E-state index in [1.807, 2.05) is 0 Å². The Morgan fingerprint density at radius 3 is 2.23 bits per heavy atom. The average Bonchev–Trinajstić information content (AvgIpc) is 2.06. The summed E-state index contributed by atoms with van der Waals surface area (Å²) in [6, 6.07) is 3.05. The summed E-state index contributed by atoms with van der Waals surface area (Å²) < 4.78 is 0. The van der Waals surface area contributed by atoms with Gasteiger partial charge in [0.1, 0.15) is 17.9 Å². The van der Waals surface area contributed by atoms with Crippen molar-refractivity contribution in [2.75, 3.05) is 13.6 Å². The largest absolute Gasteiger partial charge is 0.508 e. The summed E-state index contributed by atoms with van der Waals surface area (Å²) in [4.78, 5) is 11.9. The van der Waals surface area contributed by atoms with Crippen LogP contribution in [0.3, 0.4) is 0 Å². The number of allylic oxidation sites excluding steroid dienone is 1. The second-order valence-corrected chi connectivity index (χ2v) is 2.42. The minimum Gasteiger partial charge on any atom is -0.508 e. The average molecular weight is 179 g/mol. The molecule has 68 valence electrons. The number of carbonyl (C=O) groups excluding carboxylic acids is 1. The lowest BCUT2D eigenvalue weighted by Crippen LogP contribution is -2.26. The molecule has 0 aromatic carbocycles. The van der Waals surface area contributed by atoms with Crippen LogP contribution in [0.1, 0.15) is 6.92 Å². The molecule has 0 aliphatic rings. The molecule has 0 aromatic rings. The van der Waals surface area contributed by atoms with E-state index in [1.165, 1.54) is 31.0 Å². The van der Waals surface area contributed by atoms with Gasteiger partial charge in [0, 0.05) is 14.0 Å². The zero-order chi connectivity index (χ0) is 10.4. The molecule has 0 fully saturated rings.